The minimum Gasteiger partial charge on any atom is -0.392 e. The maximum absolute atomic E-state index is 12.1. The first-order valence-corrected chi connectivity index (χ1v) is 8.48. The van der Waals surface area contributed by atoms with E-state index in [0.717, 1.165) is 24.0 Å². The number of hydrogen-bond donors (Lipinski definition) is 3. The minimum absolute atomic E-state index is 0.0173. The van der Waals surface area contributed by atoms with Crippen LogP contribution in [0.5, 0.6) is 0 Å². The second-order valence-corrected chi connectivity index (χ2v) is 6.46. The van der Waals surface area contributed by atoms with Gasteiger partial charge in [-0.15, -0.1) is 0 Å². The Morgan fingerprint density at radius 2 is 1.62 bits per heavy atom. The van der Waals surface area contributed by atoms with E-state index in [2.05, 4.69) is 34.9 Å². The second kappa shape index (κ2) is 7.49. The predicted molar refractivity (Wildman–Crippen MR) is 94.6 cm³/mol. The fourth-order valence-electron chi connectivity index (χ4n) is 3.33. The summed E-state index contributed by atoms with van der Waals surface area (Å²) >= 11 is 0. The molecule has 0 spiro atoms. The van der Waals surface area contributed by atoms with Crippen molar-refractivity contribution in [2.24, 2.45) is 0 Å². The molecule has 0 bridgehead atoms. The Morgan fingerprint density at radius 1 is 0.958 bits per heavy atom. The number of carbonyl (C=O) groups excluding carboxylic acids is 1. The Hall–Kier alpha value is -2.33. The molecule has 1 aliphatic carbocycles. The van der Waals surface area contributed by atoms with Crippen molar-refractivity contribution in [3.05, 3.63) is 71.3 Å². The Labute approximate surface area is 142 Å². The van der Waals surface area contributed by atoms with Crippen LogP contribution < -0.4 is 10.6 Å². The summed E-state index contributed by atoms with van der Waals surface area (Å²) in [4.78, 5) is 12.1. The average Bonchev–Trinajstić information content (AvgIpc) is 2.60. The molecule has 4 nitrogen and oxygen atoms in total. The number of urea groups is 1. The standard InChI is InChI=1S/C20H24N2O2/c23-14-17-8-5-4-7-16(17)13-21-19(24)22-15-20(11-6-12-20)18-9-2-1-3-10-18/h1-5,7-10,23H,6,11-15H2,(H2,21,22,24). The normalized spacial score (nSPS) is 15.4. The molecule has 0 unspecified atom stereocenters. The number of benzene rings is 2. The molecule has 126 valence electrons. The summed E-state index contributed by atoms with van der Waals surface area (Å²) in [5, 5.41) is 15.2. The highest BCUT2D eigenvalue weighted by Crippen LogP contribution is 2.43. The molecule has 0 radical (unpaired) electrons. The maximum Gasteiger partial charge on any atom is 0.315 e. The van der Waals surface area contributed by atoms with Crippen LogP contribution in [0, 0.1) is 0 Å². The molecule has 3 rings (SSSR count). The third kappa shape index (κ3) is 3.60. The molecule has 1 fully saturated rings. The van der Waals surface area contributed by atoms with E-state index in [1.165, 1.54) is 12.0 Å². The first-order chi connectivity index (χ1) is 11.7. The summed E-state index contributed by atoms with van der Waals surface area (Å²) in [5.74, 6) is 0. The van der Waals surface area contributed by atoms with E-state index in [1.54, 1.807) is 0 Å². The lowest BCUT2D eigenvalue weighted by molar-refractivity contribution is 0.214. The molecule has 2 aromatic carbocycles. The number of amides is 2. The SMILES string of the molecule is O=C(NCc1ccccc1CO)NCC1(c2ccccc2)CCC1. The molecule has 0 atom stereocenters. The third-order valence-corrected chi connectivity index (χ3v) is 5.01. The smallest absolute Gasteiger partial charge is 0.315 e. The number of carbonyl (C=O) groups is 1. The van der Waals surface area contributed by atoms with Crippen molar-refractivity contribution in [1.29, 1.82) is 0 Å². The number of nitrogens with one attached hydrogen (secondary N) is 2. The van der Waals surface area contributed by atoms with Gasteiger partial charge >= 0.3 is 6.03 Å². The highest BCUT2D eigenvalue weighted by atomic mass is 16.3. The molecule has 0 aliphatic heterocycles. The van der Waals surface area contributed by atoms with Gasteiger partial charge in [0.2, 0.25) is 0 Å². The first-order valence-electron chi connectivity index (χ1n) is 8.48. The van der Waals surface area contributed by atoms with Gasteiger partial charge in [0.1, 0.15) is 0 Å². The zero-order chi connectivity index (χ0) is 16.8. The van der Waals surface area contributed by atoms with Gasteiger partial charge in [-0.3, -0.25) is 0 Å². The molecule has 3 N–H and O–H groups in total. The van der Waals surface area contributed by atoms with Crippen LogP contribution in [0.15, 0.2) is 54.6 Å². The van der Waals surface area contributed by atoms with Crippen molar-refractivity contribution >= 4 is 6.03 Å². The Kier molecular flexibility index (Phi) is 5.16. The molecule has 24 heavy (non-hydrogen) atoms. The topological polar surface area (TPSA) is 61.4 Å². The maximum atomic E-state index is 12.1. The molecule has 0 saturated heterocycles. The summed E-state index contributed by atoms with van der Waals surface area (Å²) in [6, 6.07) is 17.9. The van der Waals surface area contributed by atoms with Crippen LogP contribution in [-0.2, 0) is 18.6 Å². The van der Waals surface area contributed by atoms with E-state index in [-0.39, 0.29) is 18.1 Å². The van der Waals surface area contributed by atoms with E-state index in [4.69, 9.17) is 0 Å². The van der Waals surface area contributed by atoms with Crippen molar-refractivity contribution in [1.82, 2.24) is 10.6 Å². The zero-order valence-electron chi connectivity index (χ0n) is 13.8. The minimum atomic E-state index is -0.162. The van der Waals surface area contributed by atoms with Crippen LogP contribution in [0.2, 0.25) is 0 Å². The lowest BCUT2D eigenvalue weighted by atomic mass is 9.64. The fraction of sp³-hybridized carbons (Fsp3) is 0.350. The monoisotopic (exact) mass is 324 g/mol. The van der Waals surface area contributed by atoms with E-state index >= 15 is 0 Å². The molecule has 1 aliphatic rings. The largest absolute Gasteiger partial charge is 0.392 e. The van der Waals surface area contributed by atoms with Gasteiger partial charge in [-0.1, -0.05) is 61.0 Å². The van der Waals surface area contributed by atoms with Crippen molar-refractivity contribution in [3.63, 3.8) is 0 Å². The van der Waals surface area contributed by atoms with Crippen LogP contribution >= 0.6 is 0 Å². The average molecular weight is 324 g/mol. The summed E-state index contributed by atoms with van der Waals surface area (Å²) in [6.45, 7) is 1.06. The molecule has 2 aromatic rings. The van der Waals surface area contributed by atoms with Gasteiger partial charge in [0.05, 0.1) is 6.61 Å². The van der Waals surface area contributed by atoms with Gasteiger partial charge in [-0.2, -0.15) is 0 Å². The lowest BCUT2D eigenvalue weighted by Crippen LogP contribution is -2.48. The highest BCUT2D eigenvalue weighted by Gasteiger charge is 2.38. The van der Waals surface area contributed by atoms with Crippen molar-refractivity contribution in [3.8, 4) is 0 Å². The molecule has 0 heterocycles. The number of hydrogen-bond acceptors (Lipinski definition) is 2. The first kappa shape index (κ1) is 16.5. The van der Waals surface area contributed by atoms with Gasteiger partial charge < -0.3 is 15.7 Å². The van der Waals surface area contributed by atoms with Crippen molar-refractivity contribution in [2.45, 2.75) is 37.8 Å². The Bertz CT molecular complexity index is 681. The van der Waals surface area contributed by atoms with Crippen LogP contribution in [0.3, 0.4) is 0 Å². The van der Waals surface area contributed by atoms with Gasteiger partial charge in [0.25, 0.3) is 0 Å². The van der Waals surface area contributed by atoms with Crippen LogP contribution in [0.4, 0.5) is 4.79 Å². The highest BCUT2D eigenvalue weighted by molar-refractivity contribution is 5.74. The van der Waals surface area contributed by atoms with E-state index in [1.807, 2.05) is 30.3 Å². The number of rotatable bonds is 6. The Balaban J connectivity index is 1.54. The predicted octanol–water partition coefficient (Wildman–Crippen LogP) is 3.10. The van der Waals surface area contributed by atoms with Crippen molar-refractivity contribution < 1.29 is 9.90 Å². The lowest BCUT2D eigenvalue weighted by Gasteiger charge is -2.42. The fourth-order valence-corrected chi connectivity index (χ4v) is 3.33. The molecule has 2 amide bonds. The van der Waals surface area contributed by atoms with E-state index < -0.39 is 0 Å². The Morgan fingerprint density at radius 3 is 2.25 bits per heavy atom. The summed E-state index contributed by atoms with van der Waals surface area (Å²) < 4.78 is 0. The molecule has 4 heteroatoms. The molecule has 1 saturated carbocycles. The van der Waals surface area contributed by atoms with Crippen LogP contribution in [0.25, 0.3) is 0 Å². The summed E-state index contributed by atoms with van der Waals surface area (Å²) in [7, 11) is 0. The van der Waals surface area contributed by atoms with Crippen LogP contribution in [-0.4, -0.2) is 17.7 Å². The molecular formula is C20H24N2O2. The van der Waals surface area contributed by atoms with Gasteiger partial charge in [-0.25, -0.2) is 4.79 Å². The zero-order valence-corrected chi connectivity index (χ0v) is 13.8. The van der Waals surface area contributed by atoms with Gasteiger partial charge in [0, 0.05) is 18.5 Å². The number of aliphatic hydroxyl groups excluding tert-OH is 1. The quantitative estimate of drug-likeness (QED) is 0.764. The number of aliphatic hydroxyl groups is 1. The second-order valence-electron chi connectivity index (χ2n) is 6.46. The van der Waals surface area contributed by atoms with E-state index in [9.17, 15) is 9.90 Å². The summed E-state index contributed by atoms with van der Waals surface area (Å²) in [6.07, 6.45) is 3.44. The van der Waals surface area contributed by atoms with Crippen molar-refractivity contribution in [2.75, 3.05) is 6.54 Å². The summed E-state index contributed by atoms with van der Waals surface area (Å²) in [5.41, 5.74) is 3.18. The van der Waals surface area contributed by atoms with E-state index in [0.29, 0.717) is 13.1 Å². The third-order valence-electron chi connectivity index (χ3n) is 5.01. The molecular weight excluding hydrogens is 300 g/mol. The van der Waals surface area contributed by atoms with Crippen LogP contribution in [0.1, 0.15) is 36.0 Å². The van der Waals surface area contributed by atoms with Gasteiger partial charge in [0.15, 0.2) is 0 Å². The van der Waals surface area contributed by atoms with Gasteiger partial charge in [-0.05, 0) is 29.5 Å². The molecule has 0 aromatic heterocycles.